The summed E-state index contributed by atoms with van der Waals surface area (Å²) in [5.74, 6) is 0.730. The van der Waals surface area contributed by atoms with E-state index in [-0.39, 0.29) is 0 Å². The summed E-state index contributed by atoms with van der Waals surface area (Å²) in [5, 5.41) is 9.20. The van der Waals surface area contributed by atoms with Crippen molar-refractivity contribution in [2.75, 3.05) is 12.4 Å². The number of anilines is 1. The smallest absolute Gasteiger partial charge is 0.214 e. The van der Waals surface area contributed by atoms with Gasteiger partial charge in [0.25, 0.3) is 0 Å². The Morgan fingerprint density at radius 3 is 2.91 bits per heavy atom. The van der Waals surface area contributed by atoms with E-state index in [0.29, 0.717) is 6.04 Å². The third-order valence-corrected chi connectivity index (χ3v) is 5.12. The molecular formula is C16H19N5OS. The average Bonchev–Trinajstić information content (AvgIpc) is 3.16. The highest BCUT2D eigenvalue weighted by atomic mass is 32.1. The van der Waals surface area contributed by atoms with Crippen molar-refractivity contribution in [2.24, 2.45) is 0 Å². The van der Waals surface area contributed by atoms with Gasteiger partial charge in [-0.3, -0.25) is 4.98 Å². The van der Waals surface area contributed by atoms with Gasteiger partial charge in [0.05, 0.1) is 25.2 Å². The van der Waals surface area contributed by atoms with Crippen LogP contribution in [0.15, 0.2) is 24.7 Å². The van der Waals surface area contributed by atoms with E-state index in [2.05, 4.69) is 15.3 Å². The van der Waals surface area contributed by atoms with Crippen LogP contribution in [0.5, 0.6) is 5.75 Å². The number of methoxy groups -OCH3 is 1. The highest BCUT2D eigenvalue weighted by Gasteiger charge is 2.17. The average molecular weight is 329 g/mol. The number of rotatable bonds is 4. The van der Waals surface area contributed by atoms with E-state index in [0.717, 1.165) is 27.1 Å². The summed E-state index contributed by atoms with van der Waals surface area (Å²) in [5.41, 5.74) is 1.88. The zero-order chi connectivity index (χ0) is 15.6. The molecule has 0 atom stereocenters. The van der Waals surface area contributed by atoms with E-state index >= 15 is 0 Å². The number of hydrogen-bond acceptors (Lipinski definition) is 6. The topological polar surface area (TPSA) is 64.3 Å². The lowest BCUT2D eigenvalue weighted by Gasteiger charge is -2.21. The lowest BCUT2D eigenvalue weighted by molar-refractivity contribution is 0.413. The van der Waals surface area contributed by atoms with Crippen LogP contribution >= 0.6 is 11.3 Å². The molecule has 3 aromatic rings. The van der Waals surface area contributed by atoms with E-state index < -0.39 is 0 Å². The maximum absolute atomic E-state index is 5.25. The van der Waals surface area contributed by atoms with Crippen LogP contribution in [-0.2, 0) is 0 Å². The molecule has 4 rings (SSSR count). The largest absolute Gasteiger partial charge is 0.495 e. The summed E-state index contributed by atoms with van der Waals surface area (Å²) < 4.78 is 7.13. The first-order chi connectivity index (χ1) is 11.3. The Hall–Kier alpha value is -2.15. The summed E-state index contributed by atoms with van der Waals surface area (Å²) in [6.45, 7) is 0. The molecule has 1 aliphatic rings. The lowest BCUT2D eigenvalue weighted by Crippen LogP contribution is -2.22. The molecular weight excluding hydrogens is 310 g/mol. The van der Waals surface area contributed by atoms with E-state index in [1.165, 1.54) is 32.1 Å². The number of ether oxygens (including phenoxy) is 1. The third kappa shape index (κ3) is 2.88. The molecule has 1 aliphatic carbocycles. The van der Waals surface area contributed by atoms with Crippen LogP contribution < -0.4 is 10.1 Å². The van der Waals surface area contributed by atoms with Gasteiger partial charge in [0, 0.05) is 17.8 Å². The van der Waals surface area contributed by atoms with Gasteiger partial charge in [-0.1, -0.05) is 30.6 Å². The SMILES string of the molecule is COc1cncc(-c2cnc3sc(NC4CCCCC4)nn23)c1. The Morgan fingerprint density at radius 2 is 2.09 bits per heavy atom. The van der Waals surface area contributed by atoms with Gasteiger partial charge in [-0.2, -0.15) is 0 Å². The standard InChI is InChI=1S/C16H19N5OS/c1-22-13-7-11(8-17-9-13)14-10-18-16-21(14)20-15(23-16)19-12-5-3-2-4-6-12/h7-10,12H,2-6H2,1H3,(H,19,20). The molecule has 0 spiro atoms. The number of fused-ring (bicyclic) bond motifs is 1. The molecule has 0 aliphatic heterocycles. The molecule has 120 valence electrons. The molecule has 23 heavy (non-hydrogen) atoms. The third-order valence-electron chi connectivity index (χ3n) is 4.26. The first-order valence-corrected chi connectivity index (χ1v) is 8.75. The zero-order valence-electron chi connectivity index (χ0n) is 13.0. The first-order valence-electron chi connectivity index (χ1n) is 7.94. The molecule has 6 nitrogen and oxygen atoms in total. The fourth-order valence-electron chi connectivity index (χ4n) is 3.04. The summed E-state index contributed by atoms with van der Waals surface area (Å²) in [7, 11) is 1.64. The molecule has 1 saturated carbocycles. The van der Waals surface area contributed by atoms with Crippen LogP contribution in [0.3, 0.4) is 0 Å². The van der Waals surface area contributed by atoms with Crippen LogP contribution in [0.4, 0.5) is 5.13 Å². The number of hydrogen-bond donors (Lipinski definition) is 1. The molecule has 0 amide bonds. The first kappa shape index (κ1) is 14.4. The van der Waals surface area contributed by atoms with E-state index in [1.54, 1.807) is 30.8 Å². The second-order valence-corrected chi connectivity index (χ2v) is 6.79. The second-order valence-electron chi connectivity index (χ2n) is 5.84. The predicted molar refractivity (Wildman–Crippen MR) is 91.1 cm³/mol. The molecule has 1 N–H and O–H groups in total. The van der Waals surface area contributed by atoms with Crippen molar-refractivity contribution in [2.45, 2.75) is 38.1 Å². The van der Waals surface area contributed by atoms with Crippen LogP contribution in [0.1, 0.15) is 32.1 Å². The van der Waals surface area contributed by atoms with Gasteiger partial charge in [-0.15, -0.1) is 5.10 Å². The Bertz CT molecular complexity index is 806. The maximum atomic E-state index is 5.25. The molecule has 0 radical (unpaired) electrons. The van der Waals surface area contributed by atoms with Crippen molar-refractivity contribution in [3.05, 3.63) is 24.7 Å². The zero-order valence-corrected chi connectivity index (χ0v) is 13.8. The van der Waals surface area contributed by atoms with Crippen molar-refractivity contribution in [1.29, 1.82) is 0 Å². The molecule has 3 heterocycles. The van der Waals surface area contributed by atoms with Gasteiger partial charge in [0.15, 0.2) is 0 Å². The van der Waals surface area contributed by atoms with Crippen LogP contribution in [-0.4, -0.2) is 32.7 Å². The van der Waals surface area contributed by atoms with Gasteiger partial charge in [-0.25, -0.2) is 9.50 Å². The molecule has 0 bridgehead atoms. The van der Waals surface area contributed by atoms with Crippen molar-refractivity contribution in [3.63, 3.8) is 0 Å². The monoisotopic (exact) mass is 329 g/mol. The quantitative estimate of drug-likeness (QED) is 0.792. The van der Waals surface area contributed by atoms with Crippen LogP contribution in [0, 0.1) is 0 Å². The van der Waals surface area contributed by atoms with E-state index in [9.17, 15) is 0 Å². The molecule has 1 fully saturated rings. The number of aromatic nitrogens is 4. The summed E-state index contributed by atoms with van der Waals surface area (Å²) in [6, 6.07) is 2.49. The van der Waals surface area contributed by atoms with Crippen LogP contribution in [0.2, 0.25) is 0 Å². The Morgan fingerprint density at radius 1 is 1.22 bits per heavy atom. The van der Waals surface area contributed by atoms with Gasteiger partial charge in [0.2, 0.25) is 10.1 Å². The predicted octanol–water partition coefficient (Wildman–Crippen LogP) is 3.61. The molecule has 0 unspecified atom stereocenters. The highest BCUT2D eigenvalue weighted by molar-refractivity contribution is 7.20. The number of nitrogens with one attached hydrogen (secondary N) is 1. The van der Waals surface area contributed by atoms with Gasteiger partial charge >= 0.3 is 0 Å². The Balaban J connectivity index is 1.63. The van der Waals surface area contributed by atoms with Crippen molar-refractivity contribution >= 4 is 21.4 Å². The fraction of sp³-hybridized carbons (Fsp3) is 0.438. The van der Waals surface area contributed by atoms with Crippen molar-refractivity contribution in [1.82, 2.24) is 19.6 Å². The summed E-state index contributed by atoms with van der Waals surface area (Å²) in [6.07, 6.45) is 11.8. The lowest BCUT2D eigenvalue weighted by atomic mass is 9.96. The molecule has 7 heteroatoms. The van der Waals surface area contributed by atoms with Crippen LogP contribution in [0.25, 0.3) is 16.2 Å². The number of pyridine rings is 1. The molecule has 0 saturated heterocycles. The van der Waals surface area contributed by atoms with E-state index in [4.69, 9.17) is 9.84 Å². The normalized spacial score (nSPS) is 15.9. The summed E-state index contributed by atoms with van der Waals surface area (Å²) in [4.78, 5) is 9.58. The minimum absolute atomic E-state index is 0.543. The highest BCUT2D eigenvalue weighted by Crippen LogP contribution is 2.29. The minimum atomic E-state index is 0.543. The van der Waals surface area contributed by atoms with Gasteiger partial charge in [-0.05, 0) is 18.9 Å². The maximum Gasteiger partial charge on any atom is 0.214 e. The van der Waals surface area contributed by atoms with Crippen molar-refractivity contribution in [3.8, 4) is 17.0 Å². The second kappa shape index (κ2) is 6.16. The van der Waals surface area contributed by atoms with Gasteiger partial charge in [0.1, 0.15) is 5.75 Å². The van der Waals surface area contributed by atoms with Crippen molar-refractivity contribution < 1.29 is 4.74 Å². The van der Waals surface area contributed by atoms with E-state index in [1.807, 2.05) is 16.8 Å². The summed E-state index contributed by atoms with van der Waals surface area (Å²) >= 11 is 1.59. The Labute approximate surface area is 138 Å². The molecule has 0 aromatic carbocycles. The number of imidazole rings is 1. The Kier molecular flexibility index (Phi) is 3.87. The minimum Gasteiger partial charge on any atom is -0.495 e. The van der Waals surface area contributed by atoms with Gasteiger partial charge < -0.3 is 10.1 Å². The number of nitrogens with zero attached hydrogens (tertiary/aromatic N) is 4. The fourth-order valence-corrected chi connectivity index (χ4v) is 3.89. The molecule has 3 aromatic heterocycles.